The van der Waals surface area contributed by atoms with Gasteiger partial charge in [-0.1, -0.05) is 62.5 Å². The van der Waals surface area contributed by atoms with Crippen molar-refractivity contribution in [1.82, 2.24) is 0 Å². The number of ether oxygens (including phenoxy) is 1. The number of allylic oxidation sites excluding steroid dienone is 2. The van der Waals surface area contributed by atoms with Crippen LogP contribution in [0, 0.1) is 23.7 Å². The van der Waals surface area contributed by atoms with Crippen LogP contribution in [0.3, 0.4) is 0 Å². The zero-order chi connectivity index (χ0) is 19.2. The second kappa shape index (κ2) is 12.5. The Morgan fingerprint density at radius 2 is 1.30 bits per heavy atom. The van der Waals surface area contributed by atoms with E-state index in [2.05, 4.69) is 61.8 Å². The van der Waals surface area contributed by atoms with Crippen molar-refractivity contribution in [3.63, 3.8) is 0 Å². The van der Waals surface area contributed by atoms with Gasteiger partial charge in [0.25, 0.3) is 0 Å². The molecular formula is C26H28O. The molecule has 0 bridgehead atoms. The second-order valence-electron chi connectivity index (χ2n) is 6.40. The van der Waals surface area contributed by atoms with Gasteiger partial charge in [-0.2, -0.15) is 0 Å². The summed E-state index contributed by atoms with van der Waals surface area (Å²) in [4.78, 5) is 0. The van der Waals surface area contributed by atoms with Gasteiger partial charge in [-0.05, 0) is 73.4 Å². The number of hydrogen-bond donors (Lipinski definition) is 0. The summed E-state index contributed by atoms with van der Waals surface area (Å²) >= 11 is 0. The highest BCUT2D eigenvalue weighted by Gasteiger charge is 1.93. The van der Waals surface area contributed by atoms with Crippen molar-refractivity contribution in [2.75, 3.05) is 6.61 Å². The van der Waals surface area contributed by atoms with E-state index in [1.54, 1.807) is 12.2 Å². The molecule has 0 N–H and O–H groups in total. The summed E-state index contributed by atoms with van der Waals surface area (Å²) in [5.41, 5.74) is 3.38. The Labute approximate surface area is 164 Å². The van der Waals surface area contributed by atoms with Crippen molar-refractivity contribution in [2.45, 2.75) is 46.0 Å². The molecule has 0 aliphatic heterocycles. The van der Waals surface area contributed by atoms with E-state index in [0.29, 0.717) is 0 Å². The molecule has 0 saturated carbocycles. The smallest absolute Gasteiger partial charge is 0.119 e. The molecule has 0 heterocycles. The molecule has 0 saturated heterocycles. The van der Waals surface area contributed by atoms with E-state index in [1.165, 1.54) is 18.4 Å². The van der Waals surface area contributed by atoms with Crippen molar-refractivity contribution < 1.29 is 4.74 Å². The molecule has 0 atom stereocenters. The van der Waals surface area contributed by atoms with Gasteiger partial charge < -0.3 is 4.74 Å². The first-order valence-electron chi connectivity index (χ1n) is 9.81. The second-order valence-corrected chi connectivity index (χ2v) is 6.40. The summed E-state index contributed by atoms with van der Waals surface area (Å²) < 4.78 is 5.65. The number of hydrogen-bond acceptors (Lipinski definition) is 1. The monoisotopic (exact) mass is 356 g/mol. The highest BCUT2D eigenvalue weighted by atomic mass is 16.5. The van der Waals surface area contributed by atoms with E-state index < -0.39 is 0 Å². The van der Waals surface area contributed by atoms with Crippen LogP contribution in [-0.2, 0) is 6.42 Å². The van der Waals surface area contributed by atoms with Crippen LogP contribution in [0.5, 0.6) is 5.75 Å². The fraction of sp³-hybridized carbons (Fsp3) is 0.308. The zero-order valence-corrected chi connectivity index (χ0v) is 16.4. The number of aryl methyl sites for hydroxylation is 1. The molecule has 0 spiro atoms. The third kappa shape index (κ3) is 8.35. The SMILES string of the molecule is CCCCOc1ccc(C#CC=CC#Cc2ccc(CCCC)cc2)cc1. The van der Waals surface area contributed by atoms with Gasteiger partial charge in [0.05, 0.1) is 6.61 Å². The van der Waals surface area contributed by atoms with Crippen LogP contribution in [0.1, 0.15) is 56.2 Å². The lowest BCUT2D eigenvalue weighted by Gasteiger charge is -2.04. The lowest BCUT2D eigenvalue weighted by Crippen LogP contribution is -1.95. The van der Waals surface area contributed by atoms with Crippen LogP contribution in [0.2, 0.25) is 0 Å². The number of benzene rings is 2. The predicted octanol–water partition coefficient (Wildman–Crippen LogP) is 6.17. The first-order chi connectivity index (χ1) is 13.3. The molecule has 1 heteroatoms. The van der Waals surface area contributed by atoms with Crippen LogP contribution in [0.4, 0.5) is 0 Å². The Bertz CT molecular complexity index is 818. The summed E-state index contributed by atoms with van der Waals surface area (Å²) in [6.07, 6.45) is 9.41. The Morgan fingerprint density at radius 3 is 1.85 bits per heavy atom. The van der Waals surface area contributed by atoms with E-state index in [-0.39, 0.29) is 0 Å². The zero-order valence-electron chi connectivity index (χ0n) is 16.4. The molecule has 0 amide bonds. The first kappa shape index (κ1) is 20.4. The van der Waals surface area contributed by atoms with Gasteiger partial charge in [0, 0.05) is 11.1 Å². The minimum Gasteiger partial charge on any atom is -0.494 e. The van der Waals surface area contributed by atoms with Crippen LogP contribution in [0.25, 0.3) is 0 Å². The molecule has 0 unspecified atom stereocenters. The first-order valence-corrected chi connectivity index (χ1v) is 9.81. The van der Waals surface area contributed by atoms with Crippen molar-refractivity contribution in [2.24, 2.45) is 0 Å². The fourth-order valence-electron chi connectivity index (χ4n) is 2.44. The molecule has 1 nitrogen and oxygen atoms in total. The molecule has 138 valence electrons. The Morgan fingerprint density at radius 1 is 0.741 bits per heavy atom. The largest absolute Gasteiger partial charge is 0.494 e. The molecule has 2 rings (SSSR count). The lowest BCUT2D eigenvalue weighted by atomic mass is 10.1. The average molecular weight is 357 g/mol. The average Bonchev–Trinajstić information content (AvgIpc) is 2.71. The maximum atomic E-state index is 5.65. The van der Waals surface area contributed by atoms with Gasteiger partial charge in [-0.25, -0.2) is 0 Å². The van der Waals surface area contributed by atoms with Crippen molar-refractivity contribution in [3.05, 3.63) is 77.4 Å². The Kier molecular flexibility index (Phi) is 9.41. The van der Waals surface area contributed by atoms with Gasteiger partial charge in [0.1, 0.15) is 5.75 Å². The Balaban J connectivity index is 1.82. The normalized spacial score (nSPS) is 10.0. The molecular weight excluding hydrogens is 328 g/mol. The molecule has 0 fully saturated rings. The third-order valence-corrected chi connectivity index (χ3v) is 4.08. The van der Waals surface area contributed by atoms with Gasteiger partial charge >= 0.3 is 0 Å². The number of rotatable bonds is 7. The van der Waals surface area contributed by atoms with Crippen LogP contribution in [0.15, 0.2) is 60.7 Å². The standard InChI is InChI=1S/C26H28O/c1-3-5-11-23-14-16-24(17-15-23)12-9-7-8-10-13-25-18-20-26(21-19-25)27-22-6-4-2/h7-8,14-21H,3-6,11,22H2,1-2H3. The summed E-state index contributed by atoms with van der Waals surface area (Å²) in [7, 11) is 0. The summed E-state index contributed by atoms with van der Waals surface area (Å²) in [5.74, 6) is 13.2. The van der Waals surface area contributed by atoms with E-state index in [1.807, 2.05) is 24.3 Å². The summed E-state index contributed by atoms with van der Waals surface area (Å²) in [6.45, 7) is 5.14. The summed E-state index contributed by atoms with van der Waals surface area (Å²) in [6, 6.07) is 16.4. The van der Waals surface area contributed by atoms with Crippen LogP contribution < -0.4 is 4.74 Å². The molecule has 0 aliphatic rings. The maximum absolute atomic E-state index is 5.65. The highest BCUT2D eigenvalue weighted by Crippen LogP contribution is 2.12. The molecule has 0 radical (unpaired) electrons. The van der Waals surface area contributed by atoms with E-state index in [4.69, 9.17) is 4.74 Å². The summed E-state index contributed by atoms with van der Waals surface area (Å²) in [5, 5.41) is 0. The molecule has 2 aromatic rings. The minimum absolute atomic E-state index is 0.768. The number of unbranched alkanes of at least 4 members (excludes halogenated alkanes) is 2. The predicted molar refractivity (Wildman–Crippen MR) is 115 cm³/mol. The van der Waals surface area contributed by atoms with Crippen LogP contribution >= 0.6 is 0 Å². The maximum Gasteiger partial charge on any atom is 0.119 e. The highest BCUT2D eigenvalue weighted by molar-refractivity contribution is 5.42. The Hall–Kier alpha value is -2.90. The van der Waals surface area contributed by atoms with Crippen LogP contribution in [-0.4, -0.2) is 6.61 Å². The van der Waals surface area contributed by atoms with Crippen molar-refractivity contribution in [1.29, 1.82) is 0 Å². The van der Waals surface area contributed by atoms with Gasteiger partial charge in [-0.15, -0.1) is 0 Å². The topological polar surface area (TPSA) is 9.23 Å². The molecule has 0 aromatic heterocycles. The molecule has 2 aromatic carbocycles. The van der Waals surface area contributed by atoms with Crippen molar-refractivity contribution in [3.8, 4) is 29.4 Å². The lowest BCUT2D eigenvalue weighted by molar-refractivity contribution is 0.309. The van der Waals surface area contributed by atoms with Crippen molar-refractivity contribution >= 4 is 0 Å². The van der Waals surface area contributed by atoms with Gasteiger partial charge in [0.2, 0.25) is 0 Å². The van der Waals surface area contributed by atoms with E-state index >= 15 is 0 Å². The minimum atomic E-state index is 0.768. The molecule has 27 heavy (non-hydrogen) atoms. The fourth-order valence-corrected chi connectivity index (χ4v) is 2.44. The quantitative estimate of drug-likeness (QED) is 0.426. The van der Waals surface area contributed by atoms with E-state index in [9.17, 15) is 0 Å². The molecule has 0 aliphatic carbocycles. The third-order valence-electron chi connectivity index (χ3n) is 4.08. The van der Waals surface area contributed by atoms with Gasteiger partial charge in [0.15, 0.2) is 0 Å². The van der Waals surface area contributed by atoms with Gasteiger partial charge in [-0.3, -0.25) is 0 Å². The van der Waals surface area contributed by atoms with E-state index in [0.717, 1.165) is 42.7 Å².